The minimum Gasteiger partial charge on any atom is -0.392 e. The Morgan fingerprint density at radius 3 is 2.55 bits per heavy atom. The lowest BCUT2D eigenvalue weighted by Gasteiger charge is -2.11. The van der Waals surface area contributed by atoms with E-state index in [1.165, 1.54) is 25.0 Å². The Kier molecular flexibility index (Phi) is 2.15. The van der Waals surface area contributed by atoms with Gasteiger partial charge in [-0.2, -0.15) is 11.8 Å². The maximum atomic E-state index is 9.35. The van der Waals surface area contributed by atoms with Gasteiger partial charge < -0.3 is 5.11 Å². The van der Waals surface area contributed by atoms with Crippen molar-refractivity contribution in [1.29, 1.82) is 0 Å². The van der Waals surface area contributed by atoms with Gasteiger partial charge in [-0.05, 0) is 43.8 Å². The Hall–Kier alpha value is 0.310. The zero-order chi connectivity index (χ0) is 7.84. The summed E-state index contributed by atoms with van der Waals surface area (Å²) in [5.41, 5.74) is 0. The van der Waals surface area contributed by atoms with Crippen molar-refractivity contribution in [2.24, 2.45) is 11.8 Å². The molecule has 1 saturated heterocycles. The van der Waals surface area contributed by atoms with Crippen molar-refractivity contribution in [3.05, 3.63) is 0 Å². The molecule has 2 heteroatoms. The molecule has 1 saturated carbocycles. The molecule has 11 heavy (non-hydrogen) atoms. The molecule has 1 aliphatic heterocycles. The molecule has 1 aliphatic carbocycles. The topological polar surface area (TPSA) is 20.2 Å². The second kappa shape index (κ2) is 2.98. The largest absolute Gasteiger partial charge is 0.392 e. The lowest BCUT2D eigenvalue weighted by molar-refractivity contribution is 0.184. The van der Waals surface area contributed by atoms with Crippen LogP contribution in [0.1, 0.15) is 26.2 Å². The molecule has 0 aromatic rings. The molecule has 0 aromatic carbocycles. The maximum Gasteiger partial charge on any atom is 0.0630 e. The summed E-state index contributed by atoms with van der Waals surface area (Å²) >= 11 is 1.98. The van der Waals surface area contributed by atoms with Gasteiger partial charge in [0.2, 0.25) is 0 Å². The zero-order valence-corrected chi connectivity index (χ0v) is 7.81. The maximum absolute atomic E-state index is 9.35. The molecule has 0 bridgehead atoms. The Morgan fingerprint density at radius 2 is 2.09 bits per heavy atom. The summed E-state index contributed by atoms with van der Waals surface area (Å²) in [4.78, 5) is 0. The van der Waals surface area contributed by atoms with E-state index < -0.39 is 0 Å². The lowest BCUT2D eigenvalue weighted by atomic mass is 9.99. The first kappa shape index (κ1) is 7.93. The molecule has 2 unspecified atom stereocenters. The van der Waals surface area contributed by atoms with E-state index >= 15 is 0 Å². The van der Waals surface area contributed by atoms with Crippen LogP contribution in [0.4, 0.5) is 0 Å². The van der Waals surface area contributed by atoms with Crippen molar-refractivity contribution >= 4 is 11.8 Å². The summed E-state index contributed by atoms with van der Waals surface area (Å²) < 4.78 is 0. The van der Waals surface area contributed by atoms with Crippen molar-refractivity contribution in [2.45, 2.75) is 37.5 Å². The Morgan fingerprint density at radius 1 is 1.36 bits per heavy atom. The Balaban J connectivity index is 1.82. The van der Waals surface area contributed by atoms with Gasteiger partial charge in [0.15, 0.2) is 0 Å². The number of thioether (sulfide) groups is 1. The van der Waals surface area contributed by atoms with Gasteiger partial charge in [0, 0.05) is 5.25 Å². The fourth-order valence-electron chi connectivity index (χ4n) is 1.91. The summed E-state index contributed by atoms with van der Waals surface area (Å²) in [5, 5.41) is 9.89. The highest BCUT2D eigenvalue weighted by atomic mass is 32.2. The molecule has 3 atom stereocenters. The molecule has 64 valence electrons. The molecule has 0 amide bonds. The van der Waals surface area contributed by atoms with Gasteiger partial charge in [-0.3, -0.25) is 0 Å². The van der Waals surface area contributed by atoms with Crippen LogP contribution in [0, 0.1) is 11.8 Å². The summed E-state index contributed by atoms with van der Waals surface area (Å²) in [6.07, 6.45) is 4.09. The molecule has 0 spiro atoms. The average Bonchev–Trinajstić information content (AvgIpc) is 2.68. The van der Waals surface area contributed by atoms with Crippen LogP contribution >= 0.6 is 11.8 Å². The van der Waals surface area contributed by atoms with Gasteiger partial charge in [-0.25, -0.2) is 0 Å². The molecule has 1 nitrogen and oxygen atoms in total. The fraction of sp³-hybridized carbons (Fsp3) is 1.00. The molecule has 1 N–H and O–H groups in total. The highest BCUT2D eigenvalue weighted by Crippen LogP contribution is 2.46. The molecule has 2 fully saturated rings. The fourth-order valence-corrected chi connectivity index (χ4v) is 3.48. The third kappa shape index (κ3) is 1.73. The Bertz CT molecular complexity index is 134. The smallest absolute Gasteiger partial charge is 0.0630 e. The second-order valence-corrected chi connectivity index (χ2v) is 5.22. The minimum absolute atomic E-state index is 0.0938. The van der Waals surface area contributed by atoms with E-state index in [9.17, 15) is 5.11 Å². The molecule has 2 rings (SSSR count). The predicted octanol–water partition coefficient (Wildman–Crippen LogP) is 1.90. The number of hydrogen-bond donors (Lipinski definition) is 1. The average molecular weight is 172 g/mol. The monoisotopic (exact) mass is 172 g/mol. The lowest BCUT2D eigenvalue weighted by Crippen LogP contribution is -2.17. The number of aliphatic hydroxyl groups is 1. The third-order valence-electron chi connectivity index (χ3n) is 2.89. The van der Waals surface area contributed by atoms with Crippen molar-refractivity contribution in [3.63, 3.8) is 0 Å². The van der Waals surface area contributed by atoms with Crippen LogP contribution in [0.5, 0.6) is 0 Å². The zero-order valence-electron chi connectivity index (χ0n) is 6.99. The van der Waals surface area contributed by atoms with E-state index in [-0.39, 0.29) is 6.10 Å². The summed E-state index contributed by atoms with van der Waals surface area (Å²) in [6.45, 7) is 1.92. The first-order valence-corrected chi connectivity index (χ1v) is 5.62. The minimum atomic E-state index is -0.0938. The number of rotatable bonds is 2. The van der Waals surface area contributed by atoms with Crippen molar-refractivity contribution in [3.8, 4) is 0 Å². The summed E-state index contributed by atoms with van der Waals surface area (Å²) in [5.74, 6) is 3.28. The van der Waals surface area contributed by atoms with Gasteiger partial charge in [0.1, 0.15) is 0 Å². The van der Waals surface area contributed by atoms with E-state index in [4.69, 9.17) is 0 Å². The van der Waals surface area contributed by atoms with Crippen LogP contribution in [0.3, 0.4) is 0 Å². The van der Waals surface area contributed by atoms with Crippen molar-refractivity contribution in [1.82, 2.24) is 0 Å². The highest BCUT2D eigenvalue weighted by Gasteiger charge is 2.38. The van der Waals surface area contributed by atoms with Crippen LogP contribution in [-0.2, 0) is 0 Å². The second-order valence-electron chi connectivity index (χ2n) is 3.95. The van der Waals surface area contributed by atoms with Crippen LogP contribution in [0.15, 0.2) is 0 Å². The standard InChI is InChI=1S/C9H16OS/c1-6(10)9-4-8(5-11-9)7-2-3-7/h6-10H,2-5H2,1H3/t6-,8?,9?/m0/s1. The Labute approximate surface area is 72.6 Å². The van der Waals surface area contributed by atoms with Gasteiger partial charge >= 0.3 is 0 Å². The molecular weight excluding hydrogens is 156 g/mol. The number of aliphatic hydroxyl groups excluding tert-OH is 1. The molecular formula is C9H16OS. The van der Waals surface area contributed by atoms with Crippen molar-refractivity contribution in [2.75, 3.05) is 5.75 Å². The molecule has 0 radical (unpaired) electrons. The molecule has 2 aliphatic rings. The van der Waals surface area contributed by atoms with E-state index in [2.05, 4.69) is 0 Å². The van der Waals surface area contributed by atoms with E-state index in [1.807, 2.05) is 18.7 Å². The third-order valence-corrected chi connectivity index (χ3v) is 4.52. The highest BCUT2D eigenvalue weighted by molar-refractivity contribution is 8.00. The summed E-state index contributed by atoms with van der Waals surface area (Å²) in [6, 6.07) is 0. The van der Waals surface area contributed by atoms with Crippen LogP contribution in [0.25, 0.3) is 0 Å². The normalized spacial score (nSPS) is 40.9. The van der Waals surface area contributed by atoms with E-state index in [0.29, 0.717) is 5.25 Å². The summed E-state index contributed by atoms with van der Waals surface area (Å²) in [7, 11) is 0. The van der Waals surface area contributed by atoms with Crippen LogP contribution in [-0.4, -0.2) is 22.2 Å². The van der Waals surface area contributed by atoms with Gasteiger partial charge in [-0.15, -0.1) is 0 Å². The van der Waals surface area contributed by atoms with E-state index in [1.54, 1.807) is 0 Å². The molecule has 0 aromatic heterocycles. The van der Waals surface area contributed by atoms with Crippen molar-refractivity contribution < 1.29 is 5.11 Å². The van der Waals surface area contributed by atoms with Gasteiger partial charge in [-0.1, -0.05) is 0 Å². The SMILES string of the molecule is C[C@H](O)C1CC(C2CC2)CS1. The quantitative estimate of drug-likeness (QED) is 0.686. The number of hydrogen-bond acceptors (Lipinski definition) is 2. The predicted molar refractivity (Wildman–Crippen MR) is 48.8 cm³/mol. The van der Waals surface area contributed by atoms with Gasteiger partial charge in [0.25, 0.3) is 0 Å². The first-order valence-electron chi connectivity index (χ1n) is 4.57. The van der Waals surface area contributed by atoms with Crippen LogP contribution < -0.4 is 0 Å². The molecule has 1 heterocycles. The van der Waals surface area contributed by atoms with Gasteiger partial charge in [0.05, 0.1) is 6.10 Å². The first-order chi connectivity index (χ1) is 5.27. The van der Waals surface area contributed by atoms with E-state index in [0.717, 1.165) is 11.8 Å². The van der Waals surface area contributed by atoms with Crippen LogP contribution in [0.2, 0.25) is 0 Å².